The van der Waals surface area contributed by atoms with E-state index in [0.29, 0.717) is 0 Å². The highest BCUT2D eigenvalue weighted by molar-refractivity contribution is 5.05. The van der Waals surface area contributed by atoms with Crippen LogP contribution in [0.25, 0.3) is 0 Å². The van der Waals surface area contributed by atoms with Crippen molar-refractivity contribution in [1.82, 2.24) is 0 Å². The van der Waals surface area contributed by atoms with Crippen LogP contribution in [0.15, 0.2) is 11.6 Å². The van der Waals surface area contributed by atoms with Gasteiger partial charge in [-0.3, -0.25) is 0 Å². The maximum absolute atomic E-state index is 2.48. The first-order valence-electron chi connectivity index (χ1n) is 4.99. The van der Waals surface area contributed by atoms with Gasteiger partial charge in [-0.05, 0) is 31.6 Å². The lowest BCUT2D eigenvalue weighted by atomic mass is 9.93. The molecule has 0 nitrogen and oxygen atoms in total. The standard InChI is InChI=1S/C11H20/c1-10(2)11-8-6-4-3-5-7-9-11/h8,10H,3-7,9H2,1-2H3/b11-8+. The van der Waals surface area contributed by atoms with Crippen LogP contribution in [0, 0.1) is 5.92 Å². The van der Waals surface area contributed by atoms with Gasteiger partial charge in [0.05, 0.1) is 0 Å². The third-order valence-corrected chi connectivity index (χ3v) is 2.57. The average molecular weight is 152 g/mol. The van der Waals surface area contributed by atoms with Gasteiger partial charge in [-0.2, -0.15) is 0 Å². The highest BCUT2D eigenvalue weighted by Crippen LogP contribution is 2.22. The Hall–Kier alpha value is -0.260. The van der Waals surface area contributed by atoms with Crippen molar-refractivity contribution in [2.24, 2.45) is 5.92 Å². The van der Waals surface area contributed by atoms with Crippen LogP contribution in [0.4, 0.5) is 0 Å². The van der Waals surface area contributed by atoms with Crippen molar-refractivity contribution in [3.8, 4) is 0 Å². The Labute approximate surface area is 70.7 Å². The maximum Gasteiger partial charge on any atom is -0.0260 e. The van der Waals surface area contributed by atoms with Gasteiger partial charge in [-0.25, -0.2) is 0 Å². The number of rotatable bonds is 1. The van der Waals surface area contributed by atoms with Crippen LogP contribution in [0.1, 0.15) is 52.4 Å². The highest BCUT2D eigenvalue weighted by Gasteiger charge is 2.04. The Morgan fingerprint density at radius 3 is 2.55 bits per heavy atom. The lowest BCUT2D eigenvalue weighted by Gasteiger charge is -2.13. The van der Waals surface area contributed by atoms with E-state index in [1.54, 1.807) is 5.57 Å². The molecule has 0 heterocycles. The lowest BCUT2D eigenvalue weighted by molar-refractivity contribution is 0.588. The Balaban J connectivity index is 2.45. The first kappa shape index (κ1) is 8.83. The van der Waals surface area contributed by atoms with E-state index in [1.807, 2.05) is 0 Å². The zero-order valence-electron chi connectivity index (χ0n) is 7.90. The largest absolute Gasteiger partial charge is 0.0851 e. The minimum absolute atomic E-state index is 0.785. The first-order valence-corrected chi connectivity index (χ1v) is 4.99. The number of hydrogen-bond donors (Lipinski definition) is 0. The van der Waals surface area contributed by atoms with Gasteiger partial charge in [-0.1, -0.05) is 38.3 Å². The molecule has 0 fully saturated rings. The van der Waals surface area contributed by atoms with Gasteiger partial charge in [0.1, 0.15) is 0 Å². The second-order valence-electron chi connectivity index (χ2n) is 3.89. The maximum atomic E-state index is 2.48. The molecule has 1 aliphatic carbocycles. The molecule has 0 heteroatoms. The van der Waals surface area contributed by atoms with Crippen molar-refractivity contribution in [3.63, 3.8) is 0 Å². The Morgan fingerprint density at radius 1 is 1.09 bits per heavy atom. The van der Waals surface area contributed by atoms with Crippen molar-refractivity contribution in [2.45, 2.75) is 52.4 Å². The minimum atomic E-state index is 0.785. The number of hydrogen-bond acceptors (Lipinski definition) is 0. The van der Waals surface area contributed by atoms with Gasteiger partial charge in [-0.15, -0.1) is 0 Å². The van der Waals surface area contributed by atoms with Gasteiger partial charge in [0.2, 0.25) is 0 Å². The Bertz CT molecular complexity index is 131. The summed E-state index contributed by atoms with van der Waals surface area (Å²) in [6, 6.07) is 0. The van der Waals surface area contributed by atoms with Gasteiger partial charge in [0, 0.05) is 0 Å². The summed E-state index contributed by atoms with van der Waals surface area (Å²) in [5.41, 5.74) is 1.70. The van der Waals surface area contributed by atoms with E-state index in [0.717, 1.165) is 5.92 Å². The second kappa shape index (κ2) is 4.58. The van der Waals surface area contributed by atoms with Gasteiger partial charge >= 0.3 is 0 Å². The SMILES string of the molecule is CC(C)/C1=C/CCCCCC1. The molecule has 0 aromatic rings. The third kappa shape index (κ3) is 3.09. The normalized spacial score (nSPS) is 25.5. The van der Waals surface area contributed by atoms with Crippen LogP contribution >= 0.6 is 0 Å². The Kier molecular flexibility index (Phi) is 3.68. The zero-order chi connectivity index (χ0) is 8.10. The molecule has 1 rings (SSSR count). The molecule has 0 saturated carbocycles. The molecule has 0 radical (unpaired) electrons. The molecular formula is C11H20. The van der Waals surface area contributed by atoms with Crippen LogP contribution in [0.3, 0.4) is 0 Å². The van der Waals surface area contributed by atoms with Gasteiger partial charge in [0.25, 0.3) is 0 Å². The van der Waals surface area contributed by atoms with Crippen LogP contribution < -0.4 is 0 Å². The topological polar surface area (TPSA) is 0 Å². The molecule has 64 valence electrons. The fourth-order valence-electron chi connectivity index (χ4n) is 1.74. The fourth-order valence-corrected chi connectivity index (χ4v) is 1.74. The molecule has 0 aromatic carbocycles. The van der Waals surface area contributed by atoms with Crippen LogP contribution in [-0.2, 0) is 0 Å². The summed E-state index contributed by atoms with van der Waals surface area (Å²) < 4.78 is 0. The molecule has 0 atom stereocenters. The van der Waals surface area contributed by atoms with E-state index >= 15 is 0 Å². The predicted molar refractivity (Wildman–Crippen MR) is 50.6 cm³/mol. The smallest absolute Gasteiger partial charge is 0.0260 e. The first-order chi connectivity index (χ1) is 5.30. The monoisotopic (exact) mass is 152 g/mol. The molecule has 0 spiro atoms. The quantitative estimate of drug-likeness (QED) is 0.499. The molecule has 0 bridgehead atoms. The molecule has 11 heavy (non-hydrogen) atoms. The molecule has 0 aliphatic heterocycles. The molecule has 0 amide bonds. The minimum Gasteiger partial charge on any atom is -0.0851 e. The van der Waals surface area contributed by atoms with E-state index in [9.17, 15) is 0 Å². The Morgan fingerprint density at radius 2 is 1.82 bits per heavy atom. The van der Waals surface area contributed by atoms with E-state index in [1.165, 1.54) is 38.5 Å². The van der Waals surface area contributed by atoms with Crippen molar-refractivity contribution < 1.29 is 0 Å². The molecule has 1 aliphatic rings. The summed E-state index contributed by atoms with van der Waals surface area (Å²) >= 11 is 0. The fraction of sp³-hybridized carbons (Fsp3) is 0.818. The summed E-state index contributed by atoms with van der Waals surface area (Å²) in [7, 11) is 0. The summed E-state index contributed by atoms with van der Waals surface area (Å²) in [5.74, 6) is 0.785. The van der Waals surface area contributed by atoms with Crippen molar-refractivity contribution in [1.29, 1.82) is 0 Å². The average Bonchev–Trinajstić information content (AvgIpc) is 1.84. The van der Waals surface area contributed by atoms with Crippen LogP contribution in [0.2, 0.25) is 0 Å². The van der Waals surface area contributed by atoms with E-state index in [-0.39, 0.29) is 0 Å². The predicted octanol–water partition coefficient (Wildman–Crippen LogP) is 3.92. The molecular weight excluding hydrogens is 132 g/mol. The highest BCUT2D eigenvalue weighted by atomic mass is 14.1. The second-order valence-corrected chi connectivity index (χ2v) is 3.89. The summed E-state index contributed by atoms with van der Waals surface area (Å²) in [6.45, 7) is 4.63. The summed E-state index contributed by atoms with van der Waals surface area (Å²) in [5, 5.41) is 0. The summed E-state index contributed by atoms with van der Waals surface area (Å²) in [4.78, 5) is 0. The zero-order valence-corrected chi connectivity index (χ0v) is 7.90. The molecule has 0 N–H and O–H groups in total. The summed E-state index contributed by atoms with van der Waals surface area (Å²) in [6.07, 6.45) is 10.9. The van der Waals surface area contributed by atoms with Crippen LogP contribution in [-0.4, -0.2) is 0 Å². The van der Waals surface area contributed by atoms with Gasteiger partial charge in [0.15, 0.2) is 0 Å². The van der Waals surface area contributed by atoms with Gasteiger partial charge < -0.3 is 0 Å². The van der Waals surface area contributed by atoms with Crippen molar-refractivity contribution in [2.75, 3.05) is 0 Å². The van der Waals surface area contributed by atoms with Crippen LogP contribution in [0.5, 0.6) is 0 Å². The number of allylic oxidation sites excluding steroid dienone is 2. The van der Waals surface area contributed by atoms with Crippen molar-refractivity contribution >= 4 is 0 Å². The van der Waals surface area contributed by atoms with E-state index in [4.69, 9.17) is 0 Å². The molecule has 0 unspecified atom stereocenters. The third-order valence-electron chi connectivity index (χ3n) is 2.57. The molecule has 0 aromatic heterocycles. The van der Waals surface area contributed by atoms with Crippen molar-refractivity contribution in [3.05, 3.63) is 11.6 Å². The van der Waals surface area contributed by atoms with E-state index in [2.05, 4.69) is 19.9 Å². The van der Waals surface area contributed by atoms with E-state index < -0.39 is 0 Å². The lowest BCUT2D eigenvalue weighted by Crippen LogP contribution is -1.96. The molecule has 0 saturated heterocycles.